The number of primary amides is 1. The number of hydrazone groups is 1. The van der Waals surface area contributed by atoms with Gasteiger partial charge >= 0.3 is 0 Å². The molecule has 30 heavy (non-hydrogen) atoms. The van der Waals surface area contributed by atoms with Crippen molar-refractivity contribution in [2.24, 2.45) is 10.8 Å². The summed E-state index contributed by atoms with van der Waals surface area (Å²) in [5.41, 5.74) is 8.14. The van der Waals surface area contributed by atoms with E-state index in [4.69, 9.17) is 10.5 Å². The number of carbonyl (C=O) groups is 2. The van der Waals surface area contributed by atoms with E-state index in [-0.39, 0.29) is 24.1 Å². The molecular formula is C22H25FN4O3. The highest BCUT2D eigenvalue weighted by Gasteiger charge is 2.34. The number of rotatable bonds is 8. The van der Waals surface area contributed by atoms with E-state index in [1.54, 1.807) is 0 Å². The van der Waals surface area contributed by atoms with E-state index in [0.29, 0.717) is 18.8 Å². The SMILES string of the molecule is CC(C)OCc1ccc(CNC(=O)C2=NN(c3ccc(F)cc3)C(C(N)=O)C2)cc1. The molecule has 1 aliphatic rings. The minimum absolute atomic E-state index is 0.0873. The lowest BCUT2D eigenvalue weighted by Gasteiger charge is -2.20. The highest BCUT2D eigenvalue weighted by molar-refractivity contribution is 6.40. The maximum absolute atomic E-state index is 13.2. The molecule has 0 aliphatic carbocycles. The monoisotopic (exact) mass is 412 g/mol. The Morgan fingerprint density at radius 3 is 2.40 bits per heavy atom. The molecule has 2 amide bonds. The van der Waals surface area contributed by atoms with Gasteiger partial charge in [-0.3, -0.25) is 14.6 Å². The van der Waals surface area contributed by atoms with Crippen LogP contribution >= 0.6 is 0 Å². The molecule has 1 heterocycles. The largest absolute Gasteiger partial charge is 0.374 e. The van der Waals surface area contributed by atoms with Gasteiger partial charge in [0, 0.05) is 13.0 Å². The van der Waals surface area contributed by atoms with Crippen molar-refractivity contribution in [2.75, 3.05) is 5.01 Å². The molecule has 2 aromatic rings. The zero-order chi connectivity index (χ0) is 21.7. The lowest BCUT2D eigenvalue weighted by Crippen LogP contribution is -2.39. The molecule has 0 bridgehead atoms. The van der Waals surface area contributed by atoms with Crippen LogP contribution in [0.15, 0.2) is 53.6 Å². The Morgan fingerprint density at radius 2 is 1.80 bits per heavy atom. The zero-order valence-electron chi connectivity index (χ0n) is 17.0. The number of nitrogens with zero attached hydrogens (tertiary/aromatic N) is 2. The molecule has 0 aromatic heterocycles. The molecule has 0 radical (unpaired) electrons. The molecule has 3 N–H and O–H groups in total. The van der Waals surface area contributed by atoms with Gasteiger partial charge in [0.1, 0.15) is 17.6 Å². The molecule has 158 valence electrons. The number of nitrogens with one attached hydrogen (secondary N) is 1. The van der Waals surface area contributed by atoms with Crippen LogP contribution < -0.4 is 16.1 Å². The van der Waals surface area contributed by atoms with Gasteiger partial charge < -0.3 is 15.8 Å². The number of nitrogens with two attached hydrogens (primary N) is 1. The van der Waals surface area contributed by atoms with Crippen molar-refractivity contribution in [3.63, 3.8) is 0 Å². The maximum Gasteiger partial charge on any atom is 0.267 e. The summed E-state index contributed by atoms with van der Waals surface area (Å²) in [6, 6.07) is 12.5. The highest BCUT2D eigenvalue weighted by Crippen LogP contribution is 2.25. The summed E-state index contributed by atoms with van der Waals surface area (Å²) in [7, 11) is 0. The van der Waals surface area contributed by atoms with Crippen LogP contribution in [0.3, 0.4) is 0 Å². The van der Waals surface area contributed by atoms with Crippen LogP contribution in [-0.2, 0) is 27.5 Å². The lowest BCUT2D eigenvalue weighted by atomic mass is 10.1. The fourth-order valence-electron chi connectivity index (χ4n) is 3.00. The third-order valence-corrected chi connectivity index (χ3v) is 4.65. The molecule has 1 aliphatic heterocycles. The number of hydrogen-bond acceptors (Lipinski definition) is 5. The number of ether oxygens (including phenoxy) is 1. The topological polar surface area (TPSA) is 97.0 Å². The smallest absolute Gasteiger partial charge is 0.267 e. The summed E-state index contributed by atoms with van der Waals surface area (Å²) >= 11 is 0. The molecule has 1 unspecified atom stereocenters. The molecule has 8 heteroatoms. The molecule has 0 saturated heterocycles. The number of halogens is 1. The Balaban J connectivity index is 1.62. The predicted octanol–water partition coefficient (Wildman–Crippen LogP) is 2.49. The normalized spacial score (nSPS) is 15.9. The number of benzene rings is 2. The first-order valence-corrected chi connectivity index (χ1v) is 9.72. The van der Waals surface area contributed by atoms with Gasteiger partial charge in [-0.2, -0.15) is 5.10 Å². The van der Waals surface area contributed by atoms with E-state index in [1.807, 2.05) is 38.1 Å². The van der Waals surface area contributed by atoms with E-state index in [1.165, 1.54) is 29.3 Å². The van der Waals surface area contributed by atoms with Crippen molar-refractivity contribution >= 4 is 23.2 Å². The molecule has 0 spiro atoms. The Morgan fingerprint density at radius 1 is 1.17 bits per heavy atom. The molecule has 0 fully saturated rings. The van der Waals surface area contributed by atoms with E-state index in [2.05, 4.69) is 10.4 Å². The fraction of sp³-hybridized carbons (Fsp3) is 0.318. The number of amides is 2. The molecule has 3 rings (SSSR count). The van der Waals surface area contributed by atoms with Crippen molar-refractivity contribution in [2.45, 2.75) is 45.6 Å². The van der Waals surface area contributed by atoms with Gasteiger partial charge in [-0.1, -0.05) is 24.3 Å². The van der Waals surface area contributed by atoms with Gasteiger partial charge in [0.05, 0.1) is 18.4 Å². The Kier molecular flexibility index (Phi) is 6.79. The van der Waals surface area contributed by atoms with Gasteiger partial charge in [0.15, 0.2) is 0 Å². The zero-order valence-corrected chi connectivity index (χ0v) is 17.0. The van der Waals surface area contributed by atoms with Gasteiger partial charge in [0.25, 0.3) is 5.91 Å². The first-order valence-electron chi connectivity index (χ1n) is 9.72. The Labute approximate surface area is 174 Å². The van der Waals surface area contributed by atoms with E-state index >= 15 is 0 Å². The highest BCUT2D eigenvalue weighted by atomic mass is 19.1. The van der Waals surface area contributed by atoms with Crippen LogP contribution in [0, 0.1) is 5.82 Å². The third-order valence-electron chi connectivity index (χ3n) is 4.65. The Hall–Kier alpha value is -3.26. The summed E-state index contributed by atoms with van der Waals surface area (Å²) < 4.78 is 18.7. The molecular weight excluding hydrogens is 387 g/mol. The van der Waals surface area contributed by atoms with Gasteiger partial charge in [-0.05, 0) is 49.2 Å². The van der Waals surface area contributed by atoms with Crippen LogP contribution in [0.5, 0.6) is 0 Å². The van der Waals surface area contributed by atoms with E-state index < -0.39 is 17.8 Å². The minimum Gasteiger partial charge on any atom is -0.374 e. The lowest BCUT2D eigenvalue weighted by molar-refractivity contribution is -0.119. The molecule has 1 atom stereocenters. The Bertz CT molecular complexity index is 926. The van der Waals surface area contributed by atoms with Gasteiger partial charge in [0.2, 0.25) is 5.91 Å². The molecule has 7 nitrogen and oxygen atoms in total. The third kappa shape index (κ3) is 5.42. The predicted molar refractivity (Wildman–Crippen MR) is 112 cm³/mol. The second kappa shape index (κ2) is 9.49. The van der Waals surface area contributed by atoms with Gasteiger partial charge in [-0.25, -0.2) is 4.39 Å². The average Bonchev–Trinajstić information content (AvgIpc) is 3.17. The number of carbonyl (C=O) groups excluding carboxylic acids is 2. The van der Waals surface area contributed by atoms with Crippen molar-refractivity contribution in [3.05, 3.63) is 65.5 Å². The number of hydrogen-bond donors (Lipinski definition) is 2. The second-order valence-electron chi connectivity index (χ2n) is 7.35. The van der Waals surface area contributed by atoms with Crippen LogP contribution in [0.25, 0.3) is 0 Å². The standard InChI is InChI=1S/C22H25FN4O3/c1-14(2)30-13-16-5-3-15(4-6-16)12-25-22(29)19-11-20(21(24)28)27(26-19)18-9-7-17(23)8-10-18/h3-10,14,20H,11-13H2,1-2H3,(H2,24,28)(H,25,29). The van der Waals surface area contributed by atoms with E-state index in [0.717, 1.165) is 11.1 Å². The summed E-state index contributed by atoms with van der Waals surface area (Å²) in [6.07, 6.45) is 0.249. The van der Waals surface area contributed by atoms with Crippen molar-refractivity contribution in [1.29, 1.82) is 0 Å². The van der Waals surface area contributed by atoms with Crippen LogP contribution in [-0.4, -0.2) is 29.7 Å². The number of anilines is 1. The first kappa shape index (κ1) is 21.4. The van der Waals surface area contributed by atoms with Crippen LogP contribution in [0.1, 0.15) is 31.4 Å². The van der Waals surface area contributed by atoms with Crippen molar-refractivity contribution < 1.29 is 18.7 Å². The molecule has 2 aromatic carbocycles. The fourth-order valence-corrected chi connectivity index (χ4v) is 3.00. The summed E-state index contributed by atoms with van der Waals surface area (Å²) in [4.78, 5) is 24.4. The van der Waals surface area contributed by atoms with Gasteiger partial charge in [-0.15, -0.1) is 0 Å². The summed E-state index contributed by atoms with van der Waals surface area (Å²) in [5.74, 6) is -1.39. The van der Waals surface area contributed by atoms with Crippen LogP contribution in [0.4, 0.5) is 10.1 Å². The molecule has 0 saturated carbocycles. The maximum atomic E-state index is 13.2. The average molecular weight is 412 g/mol. The van der Waals surface area contributed by atoms with Crippen molar-refractivity contribution in [3.8, 4) is 0 Å². The quantitative estimate of drug-likeness (QED) is 0.696. The minimum atomic E-state index is -0.795. The van der Waals surface area contributed by atoms with E-state index in [9.17, 15) is 14.0 Å². The van der Waals surface area contributed by atoms with Crippen LogP contribution in [0.2, 0.25) is 0 Å². The second-order valence-corrected chi connectivity index (χ2v) is 7.35. The van der Waals surface area contributed by atoms with Crippen molar-refractivity contribution in [1.82, 2.24) is 5.32 Å². The first-order chi connectivity index (χ1) is 14.3. The summed E-state index contributed by atoms with van der Waals surface area (Å²) in [5, 5.41) is 8.43. The summed E-state index contributed by atoms with van der Waals surface area (Å²) in [6.45, 7) is 4.82.